The van der Waals surface area contributed by atoms with E-state index in [0.717, 1.165) is 36.9 Å². The van der Waals surface area contributed by atoms with Crippen molar-refractivity contribution in [3.05, 3.63) is 47.2 Å². The summed E-state index contributed by atoms with van der Waals surface area (Å²) in [5.74, 6) is -0.449. The van der Waals surface area contributed by atoms with E-state index in [-0.39, 0.29) is 12.8 Å². The first kappa shape index (κ1) is 20.8. The van der Waals surface area contributed by atoms with Crippen LogP contribution in [0.1, 0.15) is 58.1 Å². The summed E-state index contributed by atoms with van der Waals surface area (Å²) in [4.78, 5) is 27.1. The molecule has 0 saturated heterocycles. The van der Waals surface area contributed by atoms with Crippen LogP contribution in [0, 0.1) is 0 Å². The highest BCUT2D eigenvalue weighted by Gasteiger charge is 2.42. The predicted molar refractivity (Wildman–Crippen MR) is 104 cm³/mol. The highest BCUT2D eigenvalue weighted by atomic mass is 16.6. The van der Waals surface area contributed by atoms with Crippen LogP contribution in [0.3, 0.4) is 0 Å². The molecule has 1 N–H and O–H groups in total. The minimum absolute atomic E-state index is 0.241. The minimum atomic E-state index is -0.550. The fourth-order valence-electron chi connectivity index (χ4n) is 3.49. The monoisotopic (exact) mass is 374 g/mol. The Labute approximate surface area is 161 Å². The van der Waals surface area contributed by atoms with Crippen LogP contribution in [0.5, 0.6) is 0 Å². The zero-order chi connectivity index (χ0) is 19.8. The van der Waals surface area contributed by atoms with E-state index in [2.05, 4.69) is 12.2 Å². The molecule has 2 unspecified atom stereocenters. The molecule has 0 saturated carbocycles. The van der Waals surface area contributed by atoms with Crippen molar-refractivity contribution in [2.24, 2.45) is 0 Å². The molecule has 1 aliphatic rings. The van der Waals surface area contributed by atoms with Gasteiger partial charge in [-0.15, -0.1) is 0 Å². The second-order valence-electron chi connectivity index (χ2n) is 6.61. The van der Waals surface area contributed by atoms with E-state index in [4.69, 9.17) is 9.47 Å². The van der Waals surface area contributed by atoms with Gasteiger partial charge < -0.3 is 14.8 Å². The Morgan fingerprint density at radius 1 is 1.15 bits per heavy atom. The second kappa shape index (κ2) is 10.00. The molecule has 27 heavy (non-hydrogen) atoms. The molecule has 2 atom stereocenters. The first-order valence-corrected chi connectivity index (χ1v) is 9.60. The van der Waals surface area contributed by atoms with Crippen LogP contribution in [0.25, 0.3) is 0 Å². The maximum atomic E-state index is 12.9. The van der Waals surface area contributed by atoms with Crippen LogP contribution in [-0.2, 0) is 14.3 Å². The molecule has 148 valence electrons. The Morgan fingerprint density at radius 2 is 1.85 bits per heavy atom. The lowest BCUT2D eigenvalue weighted by Gasteiger charge is -2.43. The van der Waals surface area contributed by atoms with Crippen molar-refractivity contribution in [1.82, 2.24) is 10.2 Å². The van der Waals surface area contributed by atoms with Crippen molar-refractivity contribution >= 4 is 12.1 Å². The van der Waals surface area contributed by atoms with Gasteiger partial charge in [-0.2, -0.15) is 0 Å². The SMILES string of the molecule is CCCCCC1NC(C)=C(C(=O)OC)C(c2ccccc2)N1C(=O)OCC. The Kier molecular flexibility index (Phi) is 7.70. The summed E-state index contributed by atoms with van der Waals surface area (Å²) in [5, 5.41) is 3.33. The molecule has 0 radical (unpaired) electrons. The molecule has 1 heterocycles. The summed E-state index contributed by atoms with van der Waals surface area (Å²) in [6, 6.07) is 8.99. The molecule has 0 aromatic heterocycles. The number of allylic oxidation sites excluding steroid dienone is 1. The van der Waals surface area contributed by atoms with Gasteiger partial charge in [-0.05, 0) is 32.3 Å². The largest absolute Gasteiger partial charge is 0.466 e. The molecule has 1 amide bonds. The van der Waals surface area contributed by atoms with Gasteiger partial charge in [-0.1, -0.05) is 50.1 Å². The fourth-order valence-corrected chi connectivity index (χ4v) is 3.49. The number of nitrogens with zero attached hydrogens (tertiary/aromatic N) is 1. The lowest BCUT2D eigenvalue weighted by molar-refractivity contribution is -0.137. The molecule has 6 heteroatoms. The molecule has 1 aromatic carbocycles. The number of esters is 1. The minimum Gasteiger partial charge on any atom is -0.466 e. The first-order valence-electron chi connectivity index (χ1n) is 9.60. The molecular weight excluding hydrogens is 344 g/mol. The number of benzene rings is 1. The van der Waals surface area contributed by atoms with Crippen LogP contribution in [-0.4, -0.2) is 36.8 Å². The zero-order valence-corrected chi connectivity index (χ0v) is 16.7. The van der Waals surface area contributed by atoms with E-state index in [1.165, 1.54) is 7.11 Å². The molecule has 1 aliphatic heterocycles. The molecule has 0 fully saturated rings. The smallest absolute Gasteiger partial charge is 0.412 e. The molecule has 0 bridgehead atoms. The van der Waals surface area contributed by atoms with Crippen molar-refractivity contribution in [3.63, 3.8) is 0 Å². The van der Waals surface area contributed by atoms with Gasteiger partial charge in [0.2, 0.25) is 0 Å². The van der Waals surface area contributed by atoms with Gasteiger partial charge in [-0.3, -0.25) is 4.90 Å². The molecule has 1 aromatic rings. The number of methoxy groups -OCH3 is 1. The Balaban J connectivity index is 2.53. The first-order chi connectivity index (χ1) is 13.0. The van der Waals surface area contributed by atoms with E-state index in [0.29, 0.717) is 5.57 Å². The van der Waals surface area contributed by atoms with E-state index in [1.54, 1.807) is 11.8 Å². The standard InChI is InChI=1S/C21H30N2O4/c1-5-7-9-14-17-22-15(3)18(20(24)26-4)19(16-12-10-8-11-13-16)23(17)21(25)27-6-2/h8,10-13,17,19,22H,5-7,9,14H2,1-4H3. The number of hydrogen-bond acceptors (Lipinski definition) is 5. The van der Waals surface area contributed by atoms with Crippen molar-refractivity contribution in [1.29, 1.82) is 0 Å². The zero-order valence-electron chi connectivity index (χ0n) is 16.7. The number of hydrogen-bond donors (Lipinski definition) is 1. The molecule has 0 aliphatic carbocycles. The van der Waals surface area contributed by atoms with Gasteiger partial charge in [-0.25, -0.2) is 9.59 Å². The third-order valence-electron chi connectivity index (χ3n) is 4.75. The van der Waals surface area contributed by atoms with Crippen LogP contribution < -0.4 is 5.32 Å². The molecule has 6 nitrogen and oxygen atoms in total. The average molecular weight is 374 g/mol. The normalized spacial score (nSPS) is 19.5. The van der Waals surface area contributed by atoms with Crippen molar-refractivity contribution in [2.45, 2.75) is 58.7 Å². The summed E-state index contributed by atoms with van der Waals surface area (Å²) in [5.41, 5.74) is 2.02. The van der Waals surface area contributed by atoms with Crippen LogP contribution in [0.15, 0.2) is 41.6 Å². The number of carbonyl (C=O) groups excluding carboxylic acids is 2. The van der Waals surface area contributed by atoms with Gasteiger partial charge in [0, 0.05) is 5.70 Å². The van der Waals surface area contributed by atoms with Crippen LogP contribution in [0.4, 0.5) is 4.79 Å². The topological polar surface area (TPSA) is 67.9 Å². The van der Waals surface area contributed by atoms with Gasteiger partial charge in [0.25, 0.3) is 0 Å². The Bertz CT molecular complexity index is 672. The maximum absolute atomic E-state index is 12.9. The number of nitrogens with one attached hydrogen (secondary N) is 1. The number of ether oxygens (including phenoxy) is 2. The predicted octanol–water partition coefficient (Wildman–Crippen LogP) is 4.14. The highest BCUT2D eigenvalue weighted by Crippen LogP contribution is 2.37. The second-order valence-corrected chi connectivity index (χ2v) is 6.61. The maximum Gasteiger partial charge on any atom is 0.412 e. The molecule has 0 spiro atoms. The van der Waals surface area contributed by atoms with Crippen molar-refractivity contribution < 1.29 is 19.1 Å². The van der Waals surface area contributed by atoms with Gasteiger partial charge in [0.05, 0.1) is 25.3 Å². The summed E-state index contributed by atoms with van der Waals surface area (Å²) < 4.78 is 10.4. The van der Waals surface area contributed by atoms with E-state index in [1.807, 2.05) is 37.3 Å². The van der Waals surface area contributed by atoms with Crippen LogP contribution in [0.2, 0.25) is 0 Å². The number of carbonyl (C=O) groups is 2. The average Bonchev–Trinajstić information content (AvgIpc) is 2.68. The number of amides is 1. The Hall–Kier alpha value is -2.50. The van der Waals surface area contributed by atoms with Crippen LogP contribution >= 0.6 is 0 Å². The lowest BCUT2D eigenvalue weighted by atomic mass is 9.92. The number of unbranched alkanes of at least 4 members (excludes halogenated alkanes) is 2. The molecular formula is C21H30N2O4. The summed E-state index contributed by atoms with van der Waals surface area (Å²) in [6.07, 6.45) is 3.26. The summed E-state index contributed by atoms with van der Waals surface area (Å²) >= 11 is 0. The quantitative estimate of drug-likeness (QED) is 0.574. The van der Waals surface area contributed by atoms with Crippen molar-refractivity contribution in [2.75, 3.05) is 13.7 Å². The van der Waals surface area contributed by atoms with Gasteiger partial charge in [0.15, 0.2) is 0 Å². The summed E-state index contributed by atoms with van der Waals surface area (Å²) in [6.45, 7) is 6.05. The van der Waals surface area contributed by atoms with E-state index >= 15 is 0 Å². The Morgan fingerprint density at radius 3 is 2.44 bits per heavy atom. The molecule has 2 rings (SSSR count). The van der Waals surface area contributed by atoms with E-state index < -0.39 is 18.1 Å². The summed E-state index contributed by atoms with van der Waals surface area (Å²) in [7, 11) is 1.35. The third kappa shape index (κ3) is 4.81. The highest BCUT2D eigenvalue weighted by molar-refractivity contribution is 5.92. The lowest BCUT2D eigenvalue weighted by Crippen LogP contribution is -2.55. The van der Waals surface area contributed by atoms with Gasteiger partial charge in [0.1, 0.15) is 6.17 Å². The van der Waals surface area contributed by atoms with Crippen molar-refractivity contribution in [3.8, 4) is 0 Å². The third-order valence-corrected chi connectivity index (χ3v) is 4.75. The van der Waals surface area contributed by atoms with E-state index in [9.17, 15) is 9.59 Å². The van der Waals surface area contributed by atoms with Gasteiger partial charge >= 0.3 is 12.1 Å². The fraction of sp³-hybridized carbons (Fsp3) is 0.524. The number of rotatable bonds is 7.